The summed E-state index contributed by atoms with van der Waals surface area (Å²) in [6.07, 6.45) is 3.24. The summed E-state index contributed by atoms with van der Waals surface area (Å²) < 4.78 is 2.25. The molecule has 0 bridgehead atoms. The lowest BCUT2D eigenvalue weighted by atomic mass is 10.1. The third-order valence-electron chi connectivity index (χ3n) is 3.15. The van der Waals surface area contributed by atoms with Crippen LogP contribution in [0.3, 0.4) is 0 Å². The number of carbonyl (C=O) groups excluding carboxylic acids is 1. The molecule has 16 heavy (non-hydrogen) atoms. The van der Waals surface area contributed by atoms with E-state index in [9.17, 15) is 4.79 Å². The molecule has 1 aromatic carbocycles. The number of carbonyl (C=O) groups is 1. The van der Waals surface area contributed by atoms with Gasteiger partial charge in [-0.1, -0.05) is 32.0 Å². The van der Waals surface area contributed by atoms with Gasteiger partial charge in [0.25, 0.3) is 0 Å². The summed E-state index contributed by atoms with van der Waals surface area (Å²) >= 11 is 1.73. The molecule has 0 aromatic heterocycles. The van der Waals surface area contributed by atoms with Crippen LogP contribution in [0.15, 0.2) is 29.2 Å². The van der Waals surface area contributed by atoms with E-state index in [4.69, 9.17) is 0 Å². The van der Waals surface area contributed by atoms with E-state index in [0.29, 0.717) is 6.04 Å². The molecule has 1 aliphatic rings. The molecule has 86 valence electrons. The number of hydrogen-bond donors (Lipinski definition) is 0. The maximum absolute atomic E-state index is 11.3. The van der Waals surface area contributed by atoms with Gasteiger partial charge < -0.3 is 4.79 Å². The van der Waals surface area contributed by atoms with Crippen molar-refractivity contribution in [3.8, 4) is 0 Å². The minimum atomic E-state index is -0.0638. The molecule has 0 N–H and O–H groups in total. The number of fused-ring (bicyclic) bond motifs is 1. The van der Waals surface area contributed by atoms with Crippen molar-refractivity contribution >= 4 is 18.2 Å². The van der Waals surface area contributed by atoms with E-state index in [2.05, 4.69) is 30.3 Å². The van der Waals surface area contributed by atoms with E-state index in [1.807, 2.05) is 12.1 Å². The molecule has 0 saturated carbocycles. The van der Waals surface area contributed by atoms with Gasteiger partial charge >= 0.3 is 0 Å². The Bertz CT molecular complexity index is 376. The highest BCUT2D eigenvalue weighted by molar-refractivity contribution is 7.97. The Balaban J connectivity index is 2.30. The van der Waals surface area contributed by atoms with Crippen molar-refractivity contribution in [1.29, 1.82) is 0 Å². The first kappa shape index (κ1) is 11.7. The van der Waals surface area contributed by atoms with Gasteiger partial charge in [0.05, 0.1) is 0 Å². The highest BCUT2D eigenvalue weighted by Gasteiger charge is 2.34. The minimum Gasteiger partial charge on any atom is -0.301 e. The Morgan fingerprint density at radius 3 is 2.69 bits per heavy atom. The Morgan fingerprint density at radius 1 is 1.38 bits per heavy atom. The Morgan fingerprint density at radius 2 is 2.06 bits per heavy atom. The van der Waals surface area contributed by atoms with Gasteiger partial charge in [0.2, 0.25) is 0 Å². The SMILES string of the molecule is CCC(CC)N1Sc2ccccc2C1C=O. The van der Waals surface area contributed by atoms with Gasteiger partial charge in [0.15, 0.2) is 0 Å². The highest BCUT2D eigenvalue weighted by atomic mass is 32.2. The summed E-state index contributed by atoms with van der Waals surface area (Å²) in [7, 11) is 0. The normalized spacial score (nSPS) is 20.1. The molecule has 0 saturated heterocycles. The molecule has 1 unspecified atom stereocenters. The van der Waals surface area contributed by atoms with Crippen LogP contribution >= 0.6 is 11.9 Å². The molecule has 1 heterocycles. The largest absolute Gasteiger partial charge is 0.301 e. The molecule has 2 nitrogen and oxygen atoms in total. The van der Waals surface area contributed by atoms with E-state index >= 15 is 0 Å². The predicted octanol–water partition coefficient (Wildman–Crippen LogP) is 3.44. The van der Waals surface area contributed by atoms with Crippen molar-refractivity contribution in [2.45, 2.75) is 43.7 Å². The summed E-state index contributed by atoms with van der Waals surface area (Å²) in [5.41, 5.74) is 1.16. The smallest absolute Gasteiger partial charge is 0.142 e. The number of benzene rings is 1. The first-order valence-corrected chi connectivity index (χ1v) is 6.59. The summed E-state index contributed by atoms with van der Waals surface area (Å²) in [6, 6.07) is 8.61. The second-order valence-electron chi connectivity index (χ2n) is 4.04. The highest BCUT2D eigenvalue weighted by Crippen LogP contribution is 2.45. The molecular formula is C13H17NOS. The maximum atomic E-state index is 11.3. The number of aldehydes is 1. The Labute approximate surface area is 101 Å². The van der Waals surface area contributed by atoms with Crippen LogP contribution in [0.5, 0.6) is 0 Å². The van der Waals surface area contributed by atoms with Gasteiger partial charge in [-0.3, -0.25) is 0 Å². The van der Waals surface area contributed by atoms with E-state index in [0.717, 1.165) is 24.7 Å². The van der Waals surface area contributed by atoms with Crippen LogP contribution in [-0.2, 0) is 4.79 Å². The molecule has 2 rings (SSSR count). The topological polar surface area (TPSA) is 20.3 Å². The first-order valence-electron chi connectivity index (χ1n) is 5.82. The van der Waals surface area contributed by atoms with Gasteiger partial charge in [0.1, 0.15) is 12.3 Å². The summed E-state index contributed by atoms with van der Waals surface area (Å²) in [4.78, 5) is 12.5. The van der Waals surface area contributed by atoms with E-state index in [1.54, 1.807) is 11.9 Å². The lowest BCUT2D eigenvalue weighted by Gasteiger charge is -2.27. The van der Waals surface area contributed by atoms with Crippen molar-refractivity contribution in [3.05, 3.63) is 29.8 Å². The lowest BCUT2D eigenvalue weighted by molar-refractivity contribution is -0.111. The Kier molecular flexibility index (Phi) is 3.66. The molecule has 0 amide bonds. The van der Waals surface area contributed by atoms with Crippen LogP contribution in [-0.4, -0.2) is 16.6 Å². The third kappa shape index (κ3) is 1.89. The molecule has 3 heteroatoms. The quantitative estimate of drug-likeness (QED) is 0.589. The standard InChI is InChI=1S/C13H17NOS/c1-3-10(4-2)14-12(9-15)11-7-5-6-8-13(11)16-14/h5-10,12H,3-4H2,1-2H3. The van der Waals surface area contributed by atoms with Gasteiger partial charge in [-0.05, 0) is 36.4 Å². The number of hydrogen-bond acceptors (Lipinski definition) is 3. The average molecular weight is 235 g/mol. The summed E-state index contributed by atoms with van der Waals surface area (Å²) in [6.45, 7) is 4.36. The van der Waals surface area contributed by atoms with Crippen LogP contribution in [0.25, 0.3) is 0 Å². The zero-order valence-electron chi connectivity index (χ0n) is 9.72. The van der Waals surface area contributed by atoms with Crippen molar-refractivity contribution in [1.82, 2.24) is 4.31 Å². The molecule has 1 aliphatic heterocycles. The fraction of sp³-hybridized carbons (Fsp3) is 0.462. The van der Waals surface area contributed by atoms with E-state index < -0.39 is 0 Å². The van der Waals surface area contributed by atoms with Crippen LogP contribution in [0, 0.1) is 0 Å². The van der Waals surface area contributed by atoms with E-state index in [-0.39, 0.29) is 6.04 Å². The van der Waals surface area contributed by atoms with Crippen molar-refractivity contribution < 1.29 is 4.79 Å². The van der Waals surface area contributed by atoms with E-state index in [1.165, 1.54) is 4.90 Å². The molecule has 1 aromatic rings. The van der Waals surface area contributed by atoms with Crippen LogP contribution < -0.4 is 0 Å². The number of rotatable bonds is 4. The van der Waals surface area contributed by atoms with Gasteiger partial charge in [-0.15, -0.1) is 0 Å². The van der Waals surface area contributed by atoms with Crippen LogP contribution in [0.1, 0.15) is 38.3 Å². The molecule has 0 spiro atoms. The zero-order chi connectivity index (χ0) is 11.5. The maximum Gasteiger partial charge on any atom is 0.142 e. The fourth-order valence-corrected chi connectivity index (χ4v) is 3.58. The first-order chi connectivity index (χ1) is 7.81. The van der Waals surface area contributed by atoms with Gasteiger partial charge in [-0.2, -0.15) is 0 Å². The fourth-order valence-electron chi connectivity index (χ4n) is 2.20. The monoisotopic (exact) mass is 235 g/mol. The molecular weight excluding hydrogens is 218 g/mol. The van der Waals surface area contributed by atoms with Crippen molar-refractivity contribution in [2.75, 3.05) is 0 Å². The van der Waals surface area contributed by atoms with Crippen molar-refractivity contribution in [3.63, 3.8) is 0 Å². The second kappa shape index (κ2) is 5.02. The third-order valence-corrected chi connectivity index (χ3v) is 4.45. The summed E-state index contributed by atoms with van der Waals surface area (Å²) in [5.74, 6) is 0. The molecule has 0 aliphatic carbocycles. The zero-order valence-corrected chi connectivity index (χ0v) is 10.5. The van der Waals surface area contributed by atoms with Crippen LogP contribution in [0.2, 0.25) is 0 Å². The lowest BCUT2D eigenvalue weighted by Crippen LogP contribution is -2.29. The second-order valence-corrected chi connectivity index (χ2v) is 5.08. The van der Waals surface area contributed by atoms with Gasteiger partial charge in [0, 0.05) is 10.9 Å². The van der Waals surface area contributed by atoms with Gasteiger partial charge in [-0.25, -0.2) is 4.31 Å². The predicted molar refractivity (Wildman–Crippen MR) is 67.3 cm³/mol. The summed E-state index contributed by atoms with van der Waals surface area (Å²) in [5, 5.41) is 0. The number of nitrogens with zero attached hydrogens (tertiary/aromatic N) is 1. The minimum absolute atomic E-state index is 0.0638. The Hall–Kier alpha value is -0.800. The average Bonchev–Trinajstić information content (AvgIpc) is 2.69. The van der Waals surface area contributed by atoms with Crippen molar-refractivity contribution in [2.24, 2.45) is 0 Å². The molecule has 0 radical (unpaired) electrons. The molecule has 0 fully saturated rings. The molecule has 1 atom stereocenters. The van der Waals surface area contributed by atoms with Crippen LogP contribution in [0.4, 0.5) is 0 Å².